The number of ether oxygens (including phenoxy) is 1. The summed E-state index contributed by atoms with van der Waals surface area (Å²) in [6.45, 7) is 7.67. The second-order valence-electron chi connectivity index (χ2n) is 8.15. The second-order valence-corrected chi connectivity index (χ2v) is 9.09. The van der Waals surface area contributed by atoms with Crippen LogP contribution in [0.3, 0.4) is 0 Å². The molecule has 0 aliphatic heterocycles. The first kappa shape index (κ1) is 27.4. The number of nitrogens with one attached hydrogen (secondary N) is 2. The molecule has 3 aromatic rings. The van der Waals surface area contributed by atoms with Crippen LogP contribution in [0.5, 0.6) is 5.75 Å². The van der Waals surface area contributed by atoms with E-state index >= 15 is 0 Å². The summed E-state index contributed by atoms with van der Waals surface area (Å²) >= 11 is 1.19. The van der Waals surface area contributed by atoms with Gasteiger partial charge in [0.15, 0.2) is 11.0 Å². The van der Waals surface area contributed by atoms with Crippen LogP contribution < -0.4 is 15.4 Å². The number of methoxy groups -OCH3 is 1. The number of carbonyl (C=O) groups is 2. The number of anilines is 1. The van der Waals surface area contributed by atoms with E-state index in [4.69, 9.17) is 4.74 Å². The number of carbonyl (C=O) groups excluding carboxylic acids is 2. The Kier molecular flexibility index (Phi) is 9.39. The zero-order valence-electron chi connectivity index (χ0n) is 20.8. The summed E-state index contributed by atoms with van der Waals surface area (Å²) in [5.41, 5.74) is 1.89. The molecular weight excluding hydrogens is 496 g/mol. The maximum absolute atomic E-state index is 12.6. The molecule has 0 aliphatic carbocycles. The molecule has 0 spiro atoms. The number of hydrogen-bond donors (Lipinski definition) is 2. The summed E-state index contributed by atoms with van der Waals surface area (Å²) in [7, 11) is 1.59. The number of non-ortho nitro benzene ring substituents is 1. The molecule has 0 bridgehead atoms. The maximum Gasteiger partial charge on any atom is 0.269 e. The monoisotopic (exact) mass is 524 g/mol. The lowest BCUT2D eigenvalue weighted by Crippen LogP contribution is -2.30. The van der Waals surface area contributed by atoms with Gasteiger partial charge >= 0.3 is 0 Å². The van der Waals surface area contributed by atoms with Gasteiger partial charge in [-0.15, -0.1) is 16.8 Å². The van der Waals surface area contributed by atoms with Crippen LogP contribution in [0.2, 0.25) is 0 Å². The molecule has 1 atom stereocenters. The fraction of sp³-hybridized carbons (Fsp3) is 0.280. The van der Waals surface area contributed by atoms with Crippen LogP contribution in [-0.4, -0.2) is 44.4 Å². The van der Waals surface area contributed by atoms with E-state index < -0.39 is 11.0 Å². The van der Waals surface area contributed by atoms with Crippen molar-refractivity contribution in [3.8, 4) is 5.75 Å². The Balaban J connectivity index is 1.61. The molecule has 11 nitrogen and oxygen atoms in total. The number of hydrogen-bond acceptors (Lipinski definition) is 8. The SMILES string of the molecule is C=CCn1c(SCC(=O)Nc2ccc([N+](=O)[O-])cc2C)nnc1[C@H](C)NC(=O)Cc1ccc(OC)cc1. The fourth-order valence-electron chi connectivity index (χ4n) is 3.53. The summed E-state index contributed by atoms with van der Waals surface area (Å²) in [5.74, 6) is 0.841. The summed E-state index contributed by atoms with van der Waals surface area (Å²) < 4.78 is 6.93. The maximum atomic E-state index is 12.6. The Bertz CT molecular complexity index is 1290. The molecule has 2 aromatic carbocycles. The molecule has 2 amide bonds. The van der Waals surface area contributed by atoms with Crippen LogP contribution in [0, 0.1) is 17.0 Å². The second kappa shape index (κ2) is 12.7. The van der Waals surface area contributed by atoms with Gasteiger partial charge in [-0.05, 0) is 43.2 Å². The normalized spacial score (nSPS) is 11.4. The first-order chi connectivity index (χ1) is 17.7. The number of rotatable bonds is 12. The molecule has 2 N–H and O–H groups in total. The molecule has 37 heavy (non-hydrogen) atoms. The van der Waals surface area contributed by atoms with Crippen LogP contribution in [0.25, 0.3) is 0 Å². The van der Waals surface area contributed by atoms with Gasteiger partial charge in [0.25, 0.3) is 5.69 Å². The highest BCUT2D eigenvalue weighted by Crippen LogP contribution is 2.24. The predicted octanol–water partition coefficient (Wildman–Crippen LogP) is 3.84. The molecule has 0 saturated carbocycles. The van der Waals surface area contributed by atoms with Gasteiger partial charge in [-0.2, -0.15) is 0 Å². The van der Waals surface area contributed by atoms with Crippen molar-refractivity contribution in [3.63, 3.8) is 0 Å². The molecule has 3 rings (SSSR count). The Hall–Kier alpha value is -4.19. The average Bonchev–Trinajstić information content (AvgIpc) is 3.27. The van der Waals surface area contributed by atoms with E-state index in [-0.39, 0.29) is 29.7 Å². The van der Waals surface area contributed by atoms with Gasteiger partial charge in [-0.1, -0.05) is 30.0 Å². The van der Waals surface area contributed by atoms with Gasteiger partial charge in [0.1, 0.15) is 5.75 Å². The third-order valence-corrected chi connectivity index (χ3v) is 6.34. The third kappa shape index (κ3) is 7.40. The van der Waals surface area contributed by atoms with Crippen LogP contribution in [-0.2, 0) is 22.6 Å². The number of aryl methyl sites for hydroxylation is 1. The van der Waals surface area contributed by atoms with E-state index in [2.05, 4.69) is 27.4 Å². The lowest BCUT2D eigenvalue weighted by molar-refractivity contribution is -0.384. The summed E-state index contributed by atoms with van der Waals surface area (Å²) in [6, 6.07) is 11.1. The number of nitro benzene ring substituents is 1. The van der Waals surface area contributed by atoms with Crippen molar-refractivity contribution in [2.24, 2.45) is 0 Å². The Morgan fingerprint density at radius 1 is 1.22 bits per heavy atom. The minimum atomic E-state index is -0.485. The van der Waals surface area contributed by atoms with Gasteiger partial charge in [0, 0.05) is 24.4 Å². The Labute approximate surface area is 218 Å². The highest BCUT2D eigenvalue weighted by atomic mass is 32.2. The van der Waals surface area contributed by atoms with Crippen LogP contribution in [0.4, 0.5) is 11.4 Å². The van der Waals surface area contributed by atoms with Crippen LogP contribution in [0.1, 0.15) is 29.9 Å². The lowest BCUT2D eigenvalue weighted by atomic mass is 10.1. The van der Waals surface area contributed by atoms with Gasteiger partial charge in [0.05, 0.1) is 30.2 Å². The first-order valence-electron chi connectivity index (χ1n) is 11.4. The summed E-state index contributed by atoms with van der Waals surface area (Å²) in [6.07, 6.45) is 1.89. The van der Waals surface area contributed by atoms with Gasteiger partial charge < -0.3 is 19.9 Å². The standard InChI is InChI=1S/C25H28N6O5S/c1-5-12-30-24(17(3)26-22(32)14-18-6-9-20(36-4)10-7-18)28-29-25(30)37-15-23(33)27-21-11-8-19(31(34)35)13-16(21)2/h5-11,13,17H,1,12,14-15H2,2-4H3,(H,26,32)(H,27,33)/t17-/m0/s1. The van der Waals surface area contributed by atoms with Crippen molar-refractivity contribution in [1.29, 1.82) is 0 Å². The minimum absolute atomic E-state index is 0.0415. The zero-order chi connectivity index (χ0) is 26.9. The van der Waals surface area contributed by atoms with Crippen LogP contribution in [0.15, 0.2) is 60.3 Å². The van der Waals surface area contributed by atoms with E-state index in [1.807, 2.05) is 19.1 Å². The van der Waals surface area contributed by atoms with E-state index in [9.17, 15) is 19.7 Å². The lowest BCUT2D eigenvalue weighted by Gasteiger charge is -2.15. The molecule has 0 fully saturated rings. The van der Waals surface area contributed by atoms with Crippen molar-refractivity contribution in [2.75, 3.05) is 18.2 Å². The smallest absolute Gasteiger partial charge is 0.269 e. The largest absolute Gasteiger partial charge is 0.497 e. The van der Waals surface area contributed by atoms with E-state index in [1.54, 1.807) is 36.8 Å². The fourth-order valence-corrected chi connectivity index (χ4v) is 4.29. The van der Waals surface area contributed by atoms with E-state index in [1.165, 1.54) is 30.0 Å². The highest BCUT2D eigenvalue weighted by Gasteiger charge is 2.20. The quantitative estimate of drug-likeness (QED) is 0.158. The topological polar surface area (TPSA) is 141 Å². The molecule has 194 valence electrons. The van der Waals surface area contributed by atoms with Crippen molar-refractivity contribution in [3.05, 3.63) is 82.2 Å². The first-order valence-corrected chi connectivity index (χ1v) is 12.3. The summed E-state index contributed by atoms with van der Waals surface area (Å²) in [4.78, 5) is 35.5. The Morgan fingerprint density at radius 3 is 2.57 bits per heavy atom. The van der Waals surface area contributed by atoms with Crippen molar-refractivity contribution in [2.45, 2.75) is 38.0 Å². The highest BCUT2D eigenvalue weighted by molar-refractivity contribution is 7.99. The molecule has 0 saturated heterocycles. The van der Waals surface area contributed by atoms with Crippen molar-refractivity contribution in [1.82, 2.24) is 20.1 Å². The van der Waals surface area contributed by atoms with Crippen molar-refractivity contribution >= 4 is 35.0 Å². The van der Waals surface area contributed by atoms with E-state index in [0.29, 0.717) is 28.8 Å². The van der Waals surface area contributed by atoms with E-state index in [0.717, 1.165) is 11.3 Å². The number of nitrogens with zero attached hydrogens (tertiary/aromatic N) is 4. The van der Waals surface area contributed by atoms with Crippen LogP contribution >= 0.6 is 11.8 Å². The number of benzene rings is 2. The zero-order valence-corrected chi connectivity index (χ0v) is 21.6. The number of allylic oxidation sites excluding steroid dienone is 1. The summed E-state index contributed by atoms with van der Waals surface area (Å²) in [5, 5.41) is 25.5. The molecule has 0 aliphatic rings. The molecule has 12 heteroatoms. The average molecular weight is 525 g/mol. The van der Waals surface area contributed by atoms with Gasteiger partial charge in [-0.25, -0.2) is 0 Å². The molecule has 1 aromatic heterocycles. The van der Waals surface area contributed by atoms with Gasteiger partial charge in [-0.3, -0.25) is 19.7 Å². The Morgan fingerprint density at radius 2 is 1.95 bits per heavy atom. The molecular formula is C25H28N6O5S. The number of aromatic nitrogens is 3. The van der Waals surface area contributed by atoms with Gasteiger partial charge in [0.2, 0.25) is 11.8 Å². The predicted molar refractivity (Wildman–Crippen MR) is 141 cm³/mol. The molecule has 1 heterocycles. The molecule has 0 radical (unpaired) electrons. The number of thioether (sulfide) groups is 1. The number of amides is 2. The minimum Gasteiger partial charge on any atom is -0.497 e. The third-order valence-electron chi connectivity index (χ3n) is 5.37. The number of nitro groups is 1. The van der Waals surface area contributed by atoms with Crippen molar-refractivity contribution < 1.29 is 19.2 Å². The molecule has 0 unspecified atom stereocenters.